The Bertz CT molecular complexity index is 684. The van der Waals surface area contributed by atoms with E-state index in [9.17, 15) is 18.0 Å². The molecule has 0 amide bonds. The molecule has 0 fully saturated rings. The van der Waals surface area contributed by atoms with Crippen molar-refractivity contribution in [1.29, 1.82) is 0 Å². The largest absolute Gasteiger partial charge is 0.478 e. The average Bonchev–Trinajstić information content (AvgIpc) is 2.40. The van der Waals surface area contributed by atoms with Crippen molar-refractivity contribution in [2.45, 2.75) is 6.18 Å². The van der Waals surface area contributed by atoms with Gasteiger partial charge in [0.2, 0.25) is 0 Å². The molecule has 4 nitrogen and oxygen atoms in total. The summed E-state index contributed by atoms with van der Waals surface area (Å²) >= 11 is 0. The van der Waals surface area contributed by atoms with E-state index < -0.39 is 17.7 Å². The topological polar surface area (TPSA) is 75.3 Å². The maximum atomic E-state index is 12.9. The number of alkyl halides is 3. The molecule has 0 saturated heterocycles. The molecule has 0 spiro atoms. The first-order valence-electron chi connectivity index (χ1n) is 5.85. The summed E-state index contributed by atoms with van der Waals surface area (Å²) in [6.07, 6.45) is -4.51. The minimum atomic E-state index is -4.51. The van der Waals surface area contributed by atoms with Gasteiger partial charge in [0.25, 0.3) is 0 Å². The third-order valence-corrected chi connectivity index (χ3v) is 2.80. The van der Waals surface area contributed by atoms with Crippen LogP contribution >= 0.6 is 0 Å². The van der Waals surface area contributed by atoms with Crippen LogP contribution in [0.15, 0.2) is 42.5 Å². The second-order valence-electron chi connectivity index (χ2n) is 4.28. The summed E-state index contributed by atoms with van der Waals surface area (Å²) in [7, 11) is 0. The van der Waals surface area contributed by atoms with E-state index in [2.05, 4.69) is 5.32 Å². The summed E-state index contributed by atoms with van der Waals surface area (Å²) in [5, 5.41) is 11.5. The van der Waals surface area contributed by atoms with Crippen molar-refractivity contribution in [2.75, 3.05) is 11.1 Å². The zero-order chi connectivity index (χ0) is 15.6. The number of para-hydroxylation sites is 1. The van der Waals surface area contributed by atoms with Crippen LogP contribution in [-0.4, -0.2) is 11.1 Å². The fourth-order valence-electron chi connectivity index (χ4n) is 1.81. The molecular weight excluding hydrogens is 285 g/mol. The molecule has 4 N–H and O–H groups in total. The van der Waals surface area contributed by atoms with E-state index in [1.807, 2.05) is 0 Å². The van der Waals surface area contributed by atoms with Gasteiger partial charge in [-0.1, -0.05) is 12.1 Å². The molecule has 0 aliphatic carbocycles. The molecule has 0 aliphatic heterocycles. The number of carbonyl (C=O) groups is 1. The number of hydrogen-bond donors (Lipinski definition) is 3. The summed E-state index contributed by atoms with van der Waals surface area (Å²) in [6, 6.07) is 8.85. The first-order valence-corrected chi connectivity index (χ1v) is 5.85. The number of carboxylic acid groups (broad SMARTS) is 1. The minimum absolute atomic E-state index is 0.0390. The van der Waals surface area contributed by atoms with Crippen LogP contribution in [0.2, 0.25) is 0 Å². The molecule has 0 atom stereocenters. The van der Waals surface area contributed by atoms with Crippen molar-refractivity contribution >= 4 is 23.0 Å². The molecule has 7 heteroatoms. The number of nitrogen functional groups attached to an aromatic ring is 1. The summed E-state index contributed by atoms with van der Waals surface area (Å²) in [4.78, 5) is 11.0. The third-order valence-electron chi connectivity index (χ3n) is 2.80. The van der Waals surface area contributed by atoms with Crippen LogP contribution < -0.4 is 11.1 Å². The Balaban J connectivity index is 2.40. The van der Waals surface area contributed by atoms with Gasteiger partial charge in [0.05, 0.1) is 16.8 Å². The van der Waals surface area contributed by atoms with E-state index in [0.29, 0.717) is 0 Å². The molecule has 0 aromatic heterocycles. The number of carboxylic acids is 1. The lowest BCUT2D eigenvalue weighted by Crippen LogP contribution is -2.09. The van der Waals surface area contributed by atoms with Gasteiger partial charge < -0.3 is 16.2 Å². The Labute approximate surface area is 118 Å². The highest BCUT2D eigenvalue weighted by Gasteiger charge is 2.33. The van der Waals surface area contributed by atoms with Crippen LogP contribution in [0, 0.1) is 0 Å². The molecule has 2 aromatic carbocycles. The van der Waals surface area contributed by atoms with Gasteiger partial charge in [-0.15, -0.1) is 0 Å². The van der Waals surface area contributed by atoms with Crippen LogP contribution in [0.25, 0.3) is 0 Å². The Kier molecular flexibility index (Phi) is 3.75. The zero-order valence-corrected chi connectivity index (χ0v) is 10.6. The van der Waals surface area contributed by atoms with Crippen LogP contribution in [-0.2, 0) is 6.18 Å². The van der Waals surface area contributed by atoms with Crippen LogP contribution in [0.5, 0.6) is 0 Å². The number of halogens is 3. The third kappa shape index (κ3) is 3.25. The number of hydrogen-bond acceptors (Lipinski definition) is 3. The highest BCUT2D eigenvalue weighted by molar-refractivity contribution is 5.95. The standard InChI is InChI=1S/C14H11F3N2O2/c15-14(16,17)10-3-1-2-4-12(10)19-8-5-6-11(18)9(7-8)13(20)21/h1-7,19H,18H2,(H,20,21). The quantitative estimate of drug-likeness (QED) is 0.754. The fraction of sp³-hybridized carbons (Fsp3) is 0.0714. The molecule has 2 aromatic rings. The zero-order valence-electron chi connectivity index (χ0n) is 10.6. The summed E-state index contributed by atoms with van der Waals surface area (Å²) in [5.74, 6) is -1.25. The summed E-state index contributed by atoms with van der Waals surface area (Å²) < 4.78 is 38.6. The lowest BCUT2D eigenvalue weighted by Gasteiger charge is -2.15. The monoisotopic (exact) mass is 296 g/mol. The van der Waals surface area contributed by atoms with Crippen molar-refractivity contribution in [1.82, 2.24) is 0 Å². The molecule has 0 unspecified atom stereocenters. The molecule has 0 radical (unpaired) electrons. The summed E-state index contributed by atoms with van der Waals surface area (Å²) in [6.45, 7) is 0. The fourth-order valence-corrected chi connectivity index (χ4v) is 1.81. The number of aromatic carboxylic acids is 1. The minimum Gasteiger partial charge on any atom is -0.478 e. The Morgan fingerprint density at radius 2 is 1.81 bits per heavy atom. The van der Waals surface area contributed by atoms with Gasteiger partial charge in [-0.2, -0.15) is 13.2 Å². The van der Waals surface area contributed by atoms with E-state index in [4.69, 9.17) is 10.8 Å². The number of anilines is 3. The lowest BCUT2D eigenvalue weighted by atomic mass is 10.1. The van der Waals surface area contributed by atoms with Gasteiger partial charge in [-0.05, 0) is 30.3 Å². The van der Waals surface area contributed by atoms with Gasteiger partial charge in [-0.25, -0.2) is 4.79 Å². The molecule has 2 rings (SSSR count). The van der Waals surface area contributed by atoms with Crippen molar-refractivity contribution in [3.8, 4) is 0 Å². The number of rotatable bonds is 3. The predicted molar refractivity (Wildman–Crippen MR) is 72.5 cm³/mol. The second-order valence-corrected chi connectivity index (χ2v) is 4.28. The van der Waals surface area contributed by atoms with E-state index in [1.54, 1.807) is 0 Å². The van der Waals surface area contributed by atoms with Gasteiger partial charge in [0.1, 0.15) is 0 Å². The first-order chi connectivity index (χ1) is 9.79. The maximum absolute atomic E-state index is 12.9. The highest BCUT2D eigenvalue weighted by atomic mass is 19.4. The van der Waals surface area contributed by atoms with Crippen molar-refractivity contribution in [2.24, 2.45) is 0 Å². The number of nitrogens with two attached hydrogens (primary N) is 1. The van der Waals surface area contributed by atoms with Crippen molar-refractivity contribution in [3.63, 3.8) is 0 Å². The average molecular weight is 296 g/mol. The number of nitrogens with one attached hydrogen (secondary N) is 1. The van der Waals surface area contributed by atoms with E-state index >= 15 is 0 Å². The SMILES string of the molecule is Nc1ccc(Nc2ccccc2C(F)(F)F)cc1C(=O)O. The van der Waals surface area contributed by atoms with Crippen molar-refractivity contribution in [3.05, 3.63) is 53.6 Å². The Hall–Kier alpha value is -2.70. The van der Waals surface area contributed by atoms with Gasteiger partial charge in [0, 0.05) is 11.4 Å². The molecule has 110 valence electrons. The predicted octanol–water partition coefficient (Wildman–Crippen LogP) is 3.73. The molecule has 0 heterocycles. The lowest BCUT2D eigenvalue weighted by molar-refractivity contribution is -0.136. The molecule has 21 heavy (non-hydrogen) atoms. The first kappa shape index (κ1) is 14.7. The van der Waals surface area contributed by atoms with E-state index in [1.165, 1.54) is 36.4 Å². The van der Waals surface area contributed by atoms with Gasteiger partial charge in [0.15, 0.2) is 0 Å². The van der Waals surface area contributed by atoms with Gasteiger partial charge in [-0.3, -0.25) is 0 Å². The smallest absolute Gasteiger partial charge is 0.418 e. The highest BCUT2D eigenvalue weighted by Crippen LogP contribution is 2.36. The second kappa shape index (κ2) is 5.35. The van der Waals surface area contributed by atoms with E-state index in [-0.39, 0.29) is 22.6 Å². The molecule has 0 bridgehead atoms. The number of benzene rings is 2. The maximum Gasteiger partial charge on any atom is 0.418 e. The van der Waals surface area contributed by atoms with Crippen LogP contribution in [0.4, 0.5) is 30.2 Å². The Morgan fingerprint density at radius 3 is 2.43 bits per heavy atom. The van der Waals surface area contributed by atoms with Crippen molar-refractivity contribution < 1.29 is 23.1 Å². The summed E-state index contributed by atoms with van der Waals surface area (Å²) in [5.41, 5.74) is 4.57. The normalized spacial score (nSPS) is 11.2. The van der Waals surface area contributed by atoms with E-state index in [0.717, 1.165) is 6.07 Å². The Morgan fingerprint density at radius 1 is 1.14 bits per heavy atom. The van der Waals surface area contributed by atoms with Crippen LogP contribution in [0.1, 0.15) is 15.9 Å². The molecular formula is C14H11F3N2O2. The van der Waals surface area contributed by atoms with Gasteiger partial charge >= 0.3 is 12.1 Å². The van der Waals surface area contributed by atoms with Crippen LogP contribution in [0.3, 0.4) is 0 Å². The molecule has 0 aliphatic rings. The molecule has 0 saturated carbocycles.